The smallest absolute Gasteiger partial charge is 0.322 e. The van der Waals surface area contributed by atoms with Gasteiger partial charge in [0.25, 0.3) is 5.91 Å². The molecule has 35 heavy (non-hydrogen) atoms. The minimum absolute atomic E-state index is 0.169. The Bertz CT molecular complexity index is 1120. The van der Waals surface area contributed by atoms with Gasteiger partial charge in [-0.25, -0.2) is 19.2 Å². The van der Waals surface area contributed by atoms with Crippen molar-refractivity contribution in [3.05, 3.63) is 48.3 Å². The van der Waals surface area contributed by atoms with Gasteiger partial charge in [0, 0.05) is 45.1 Å². The predicted octanol–water partition coefficient (Wildman–Crippen LogP) is 1.44. The summed E-state index contributed by atoms with van der Waals surface area (Å²) in [6, 6.07) is 4.61. The van der Waals surface area contributed by atoms with E-state index in [1.54, 1.807) is 6.07 Å². The number of rotatable bonds is 7. The van der Waals surface area contributed by atoms with Crippen molar-refractivity contribution in [2.75, 3.05) is 42.5 Å². The number of nitrogens with one attached hydrogen (secondary N) is 3. The third kappa shape index (κ3) is 4.75. The second-order valence-corrected chi connectivity index (χ2v) is 9.29. The SMILES string of the molecule is O=C(NC1(C(=O)NCC2CCN(c3cccc(F)c3N3CCNC3=O)CC2)CC1)c1cncnc1. The summed E-state index contributed by atoms with van der Waals surface area (Å²) in [4.78, 5) is 48.7. The fourth-order valence-electron chi connectivity index (χ4n) is 4.74. The molecule has 11 heteroatoms. The van der Waals surface area contributed by atoms with Gasteiger partial charge in [-0.3, -0.25) is 14.5 Å². The summed E-state index contributed by atoms with van der Waals surface area (Å²) < 4.78 is 14.7. The van der Waals surface area contributed by atoms with Crippen LogP contribution < -0.4 is 25.8 Å². The summed E-state index contributed by atoms with van der Waals surface area (Å²) in [5, 5.41) is 8.57. The number of hydrogen-bond donors (Lipinski definition) is 3. The van der Waals surface area contributed by atoms with Gasteiger partial charge in [0.15, 0.2) is 0 Å². The maximum Gasteiger partial charge on any atom is 0.322 e. The zero-order valence-corrected chi connectivity index (χ0v) is 19.3. The largest absolute Gasteiger partial charge is 0.370 e. The predicted molar refractivity (Wildman–Crippen MR) is 127 cm³/mol. The Morgan fingerprint density at radius 3 is 2.54 bits per heavy atom. The highest BCUT2D eigenvalue weighted by Crippen LogP contribution is 2.37. The summed E-state index contributed by atoms with van der Waals surface area (Å²) >= 11 is 0. The second kappa shape index (κ2) is 9.47. The molecule has 0 bridgehead atoms. The zero-order valence-electron chi connectivity index (χ0n) is 19.3. The first-order valence-electron chi connectivity index (χ1n) is 11.9. The van der Waals surface area contributed by atoms with E-state index < -0.39 is 11.4 Å². The zero-order chi connectivity index (χ0) is 24.4. The summed E-state index contributed by atoms with van der Waals surface area (Å²) in [7, 11) is 0. The van der Waals surface area contributed by atoms with Crippen molar-refractivity contribution in [2.45, 2.75) is 31.2 Å². The Kier molecular flexibility index (Phi) is 6.23. The van der Waals surface area contributed by atoms with E-state index in [0.717, 1.165) is 12.8 Å². The molecule has 3 N–H and O–H groups in total. The number of para-hydroxylation sites is 1. The molecular formula is C24H28FN7O3. The summed E-state index contributed by atoms with van der Waals surface area (Å²) in [6.07, 6.45) is 7.03. The van der Waals surface area contributed by atoms with E-state index in [4.69, 9.17) is 0 Å². The van der Waals surface area contributed by atoms with Crippen molar-refractivity contribution in [1.82, 2.24) is 25.9 Å². The number of benzene rings is 1. The van der Waals surface area contributed by atoms with Crippen LogP contribution in [0.25, 0.3) is 0 Å². The molecule has 2 aliphatic heterocycles. The molecule has 0 spiro atoms. The van der Waals surface area contributed by atoms with Crippen LogP contribution in [0.15, 0.2) is 36.9 Å². The lowest BCUT2D eigenvalue weighted by Crippen LogP contribution is -2.50. The second-order valence-electron chi connectivity index (χ2n) is 9.29. The summed E-state index contributed by atoms with van der Waals surface area (Å²) in [5.41, 5.74) is 0.501. The van der Waals surface area contributed by atoms with Crippen molar-refractivity contribution >= 4 is 29.2 Å². The van der Waals surface area contributed by atoms with Crippen LogP contribution in [0.4, 0.5) is 20.6 Å². The van der Waals surface area contributed by atoms with Crippen molar-refractivity contribution in [3.63, 3.8) is 0 Å². The molecular weight excluding hydrogens is 453 g/mol. The summed E-state index contributed by atoms with van der Waals surface area (Å²) in [6.45, 7) is 2.84. The molecule has 1 saturated carbocycles. The number of urea groups is 1. The molecule has 1 aromatic heterocycles. The Balaban J connectivity index is 1.15. The molecule has 4 amide bonds. The molecule has 1 aliphatic carbocycles. The highest BCUT2D eigenvalue weighted by molar-refractivity contribution is 6.00. The number of anilines is 2. The van der Waals surface area contributed by atoms with Crippen LogP contribution in [0.1, 0.15) is 36.0 Å². The number of aromatic nitrogens is 2. The van der Waals surface area contributed by atoms with E-state index in [2.05, 4.69) is 30.8 Å². The molecule has 184 valence electrons. The van der Waals surface area contributed by atoms with Crippen molar-refractivity contribution in [1.29, 1.82) is 0 Å². The molecule has 0 radical (unpaired) electrons. The Labute approximate surface area is 202 Å². The van der Waals surface area contributed by atoms with Gasteiger partial charge in [-0.2, -0.15) is 0 Å². The number of nitrogens with zero attached hydrogens (tertiary/aromatic N) is 4. The van der Waals surface area contributed by atoms with E-state index in [0.29, 0.717) is 62.5 Å². The normalized spacial score (nSPS) is 19.3. The topological polar surface area (TPSA) is 120 Å². The van der Waals surface area contributed by atoms with E-state index in [1.807, 2.05) is 6.07 Å². The fraction of sp³-hybridized carbons (Fsp3) is 0.458. The maximum absolute atomic E-state index is 14.7. The summed E-state index contributed by atoms with van der Waals surface area (Å²) in [5.74, 6) is -0.661. The van der Waals surface area contributed by atoms with E-state index in [9.17, 15) is 18.8 Å². The molecule has 3 aliphatic rings. The van der Waals surface area contributed by atoms with Gasteiger partial charge < -0.3 is 20.9 Å². The van der Waals surface area contributed by atoms with Crippen LogP contribution in [0.3, 0.4) is 0 Å². The van der Waals surface area contributed by atoms with Crippen LogP contribution in [-0.4, -0.2) is 66.1 Å². The highest BCUT2D eigenvalue weighted by Gasteiger charge is 2.51. The Hall–Kier alpha value is -3.76. The molecule has 2 aromatic rings. The Morgan fingerprint density at radius 2 is 1.89 bits per heavy atom. The van der Waals surface area contributed by atoms with Crippen LogP contribution in [0, 0.1) is 11.7 Å². The molecule has 0 atom stereocenters. The lowest BCUT2D eigenvalue weighted by Gasteiger charge is -2.36. The average molecular weight is 482 g/mol. The van der Waals surface area contributed by atoms with Crippen LogP contribution in [-0.2, 0) is 4.79 Å². The van der Waals surface area contributed by atoms with Crippen LogP contribution in [0.5, 0.6) is 0 Å². The number of carbonyl (C=O) groups is 3. The number of hydrogen-bond acceptors (Lipinski definition) is 6. The van der Waals surface area contributed by atoms with Gasteiger partial charge in [-0.15, -0.1) is 0 Å². The maximum atomic E-state index is 14.7. The van der Waals surface area contributed by atoms with E-state index in [1.165, 1.54) is 29.7 Å². The lowest BCUT2D eigenvalue weighted by molar-refractivity contribution is -0.124. The van der Waals surface area contributed by atoms with Gasteiger partial charge in [0.1, 0.15) is 23.4 Å². The van der Waals surface area contributed by atoms with Crippen molar-refractivity contribution in [2.24, 2.45) is 5.92 Å². The average Bonchev–Trinajstić information content (AvgIpc) is 3.55. The van der Waals surface area contributed by atoms with Gasteiger partial charge in [-0.05, 0) is 43.7 Å². The lowest BCUT2D eigenvalue weighted by atomic mass is 9.96. The molecule has 3 fully saturated rings. The molecule has 5 rings (SSSR count). The number of piperidine rings is 1. The minimum atomic E-state index is -0.861. The number of amides is 4. The molecule has 10 nitrogen and oxygen atoms in total. The van der Waals surface area contributed by atoms with Gasteiger partial charge in [0.2, 0.25) is 5.91 Å². The number of carbonyl (C=O) groups excluding carboxylic acids is 3. The fourth-order valence-corrected chi connectivity index (χ4v) is 4.74. The molecule has 2 saturated heterocycles. The highest BCUT2D eigenvalue weighted by atomic mass is 19.1. The quantitative estimate of drug-likeness (QED) is 0.551. The first kappa shape index (κ1) is 23.0. The van der Waals surface area contributed by atoms with Crippen molar-refractivity contribution < 1.29 is 18.8 Å². The third-order valence-electron chi connectivity index (χ3n) is 6.96. The van der Waals surface area contributed by atoms with Gasteiger partial charge in [-0.1, -0.05) is 6.07 Å². The number of halogens is 1. The first-order chi connectivity index (χ1) is 17.0. The van der Waals surface area contributed by atoms with E-state index >= 15 is 0 Å². The molecule has 0 unspecified atom stereocenters. The van der Waals surface area contributed by atoms with Crippen LogP contribution >= 0.6 is 0 Å². The van der Waals surface area contributed by atoms with Gasteiger partial charge in [0.05, 0.1) is 11.3 Å². The molecule has 3 heterocycles. The minimum Gasteiger partial charge on any atom is -0.370 e. The Morgan fingerprint density at radius 1 is 1.14 bits per heavy atom. The van der Waals surface area contributed by atoms with E-state index in [-0.39, 0.29) is 23.8 Å². The van der Waals surface area contributed by atoms with Gasteiger partial charge >= 0.3 is 6.03 Å². The standard InChI is InChI=1S/C24H28FN7O3/c25-18-2-1-3-19(20(18)32-11-8-28-23(32)35)31-9-4-16(5-10-31)12-29-22(34)24(6-7-24)30-21(33)17-13-26-15-27-14-17/h1-3,13-16H,4-12H2,(H,28,35)(H,29,34)(H,30,33). The van der Waals surface area contributed by atoms with Crippen LogP contribution in [0.2, 0.25) is 0 Å². The molecule has 1 aromatic carbocycles. The first-order valence-corrected chi connectivity index (χ1v) is 11.9. The third-order valence-corrected chi connectivity index (χ3v) is 6.96. The monoisotopic (exact) mass is 481 g/mol. The van der Waals surface area contributed by atoms with Crippen molar-refractivity contribution in [3.8, 4) is 0 Å².